The minimum Gasteiger partial charge on any atom is -0.508 e. The first-order chi connectivity index (χ1) is 9.54. The zero-order valence-corrected chi connectivity index (χ0v) is 11.3. The number of ether oxygens (including phenoxy) is 1. The van der Waals surface area contributed by atoms with Crippen molar-refractivity contribution in [3.8, 4) is 5.75 Å². The van der Waals surface area contributed by atoms with Gasteiger partial charge in [-0.3, -0.25) is 14.9 Å². The molecule has 1 rings (SSSR count). The molecule has 0 atom stereocenters. The van der Waals surface area contributed by atoms with Crippen molar-refractivity contribution in [2.75, 3.05) is 18.5 Å². The van der Waals surface area contributed by atoms with E-state index in [1.165, 1.54) is 12.1 Å². The maximum atomic E-state index is 11.1. The molecule has 0 aliphatic rings. The van der Waals surface area contributed by atoms with Crippen molar-refractivity contribution < 1.29 is 19.6 Å². The van der Waals surface area contributed by atoms with Gasteiger partial charge in [-0.25, -0.2) is 0 Å². The van der Waals surface area contributed by atoms with Crippen LogP contribution in [0.1, 0.15) is 26.2 Å². The van der Waals surface area contributed by atoms with E-state index in [-0.39, 0.29) is 17.4 Å². The predicted molar refractivity (Wildman–Crippen MR) is 73.7 cm³/mol. The lowest BCUT2D eigenvalue weighted by atomic mass is 10.2. The van der Waals surface area contributed by atoms with Crippen molar-refractivity contribution in [1.82, 2.24) is 0 Å². The molecule has 0 radical (unpaired) electrons. The van der Waals surface area contributed by atoms with Gasteiger partial charge in [0.25, 0.3) is 5.69 Å². The van der Waals surface area contributed by atoms with Crippen LogP contribution < -0.4 is 5.32 Å². The minimum atomic E-state index is -0.555. The third-order valence-electron chi connectivity index (χ3n) is 2.61. The Morgan fingerprint density at radius 2 is 2.20 bits per heavy atom. The second-order valence-corrected chi connectivity index (χ2v) is 4.15. The van der Waals surface area contributed by atoms with Crippen LogP contribution in [-0.2, 0) is 9.53 Å². The normalized spacial score (nSPS) is 10.1. The highest BCUT2D eigenvalue weighted by atomic mass is 16.6. The van der Waals surface area contributed by atoms with E-state index in [4.69, 9.17) is 4.74 Å². The van der Waals surface area contributed by atoms with E-state index in [1.54, 1.807) is 6.92 Å². The highest BCUT2D eigenvalue weighted by Gasteiger charge is 2.13. The Hall–Kier alpha value is -2.31. The topological polar surface area (TPSA) is 102 Å². The summed E-state index contributed by atoms with van der Waals surface area (Å²) in [5.41, 5.74) is 0.180. The van der Waals surface area contributed by atoms with Crippen molar-refractivity contribution in [1.29, 1.82) is 0 Å². The van der Waals surface area contributed by atoms with Crippen molar-refractivity contribution in [3.63, 3.8) is 0 Å². The molecular weight excluding hydrogens is 264 g/mol. The van der Waals surface area contributed by atoms with E-state index < -0.39 is 4.92 Å². The van der Waals surface area contributed by atoms with Crippen molar-refractivity contribution >= 4 is 17.3 Å². The van der Waals surface area contributed by atoms with Crippen LogP contribution in [0.3, 0.4) is 0 Å². The van der Waals surface area contributed by atoms with Gasteiger partial charge in [0.2, 0.25) is 0 Å². The molecule has 0 heterocycles. The number of unbranched alkanes of at least 4 members (excludes halogenated alkanes) is 1. The fourth-order valence-corrected chi connectivity index (χ4v) is 1.67. The van der Waals surface area contributed by atoms with Crippen molar-refractivity contribution in [3.05, 3.63) is 28.3 Å². The number of nitrogens with zero attached hydrogens (tertiary/aromatic N) is 1. The summed E-state index contributed by atoms with van der Waals surface area (Å²) in [5, 5.41) is 23.0. The van der Waals surface area contributed by atoms with Gasteiger partial charge in [-0.2, -0.15) is 0 Å². The molecule has 0 unspecified atom stereocenters. The first-order valence-corrected chi connectivity index (χ1v) is 6.41. The molecular formula is C13H18N2O5. The van der Waals surface area contributed by atoms with Crippen LogP contribution in [0.4, 0.5) is 11.4 Å². The van der Waals surface area contributed by atoms with Gasteiger partial charge in [0.1, 0.15) is 11.4 Å². The Bertz CT molecular complexity index is 476. The molecule has 0 amide bonds. The number of carbonyl (C=O) groups is 1. The zero-order chi connectivity index (χ0) is 15.0. The smallest absolute Gasteiger partial charge is 0.305 e. The second-order valence-electron chi connectivity index (χ2n) is 4.15. The molecule has 20 heavy (non-hydrogen) atoms. The number of benzene rings is 1. The summed E-state index contributed by atoms with van der Waals surface area (Å²) in [4.78, 5) is 21.4. The molecule has 0 saturated heterocycles. The van der Waals surface area contributed by atoms with Gasteiger partial charge in [-0.05, 0) is 31.9 Å². The molecule has 0 aliphatic carbocycles. The summed E-state index contributed by atoms with van der Waals surface area (Å²) in [7, 11) is 0. The summed E-state index contributed by atoms with van der Waals surface area (Å²) in [6.45, 7) is 2.63. The number of phenols is 1. The predicted octanol–water partition coefficient (Wildman–Crippen LogP) is 2.45. The standard InChI is InChI=1S/C13H18N2O5/c1-2-20-13(17)5-3-4-8-14-11-7-6-10(16)9-12(11)15(18)19/h6-7,9,14,16H,2-5,8H2,1H3. The number of aromatic hydroxyl groups is 1. The fraction of sp³-hybridized carbons (Fsp3) is 0.462. The van der Waals surface area contributed by atoms with Gasteiger partial charge in [0.15, 0.2) is 0 Å². The van der Waals surface area contributed by atoms with Crippen LogP contribution in [0, 0.1) is 10.1 Å². The summed E-state index contributed by atoms with van der Waals surface area (Å²) < 4.78 is 4.79. The number of nitro groups is 1. The molecule has 0 aromatic heterocycles. The van der Waals surface area contributed by atoms with E-state index in [2.05, 4.69) is 5.32 Å². The number of carbonyl (C=O) groups excluding carboxylic acids is 1. The Morgan fingerprint density at radius 3 is 2.85 bits per heavy atom. The Labute approximate surface area is 116 Å². The first-order valence-electron chi connectivity index (χ1n) is 6.41. The average Bonchev–Trinajstić information content (AvgIpc) is 2.40. The number of anilines is 1. The lowest BCUT2D eigenvalue weighted by Crippen LogP contribution is -2.07. The zero-order valence-electron chi connectivity index (χ0n) is 11.3. The number of rotatable bonds is 8. The molecule has 0 bridgehead atoms. The monoisotopic (exact) mass is 282 g/mol. The molecule has 0 saturated carbocycles. The third-order valence-corrected chi connectivity index (χ3v) is 2.61. The van der Waals surface area contributed by atoms with Crippen LogP contribution in [0.5, 0.6) is 5.75 Å². The molecule has 0 fully saturated rings. The quantitative estimate of drug-likeness (QED) is 0.250. The number of phenolic OH excluding ortho intramolecular Hbond substituents is 1. The van der Waals surface area contributed by atoms with E-state index in [1.807, 2.05) is 0 Å². The molecule has 1 aromatic rings. The van der Waals surface area contributed by atoms with E-state index in [0.717, 1.165) is 6.07 Å². The van der Waals surface area contributed by atoms with Crippen LogP contribution in [0.2, 0.25) is 0 Å². The lowest BCUT2D eigenvalue weighted by Gasteiger charge is -2.07. The summed E-state index contributed by atoms with van der Waals surface area (Å²) >= 11 is 0. The van der Waals surface area contributed by atoms with Crippen LogP contribution in [-0.4, -0.2) is 29.2 Å². The van der Waals surface area contributed by atoms with Crippen molar-refractivity contribution in [2.24, 2.45) is 0 Å². The first kappa shape index (κ1) is 15.7. The molecule has 0 spiro atoms. The van der Waals surface area contributed by atoms with Gasteiger partial charge in [-0.1, -0.05) is 0 Å². The lowest BCUT2D eigenvalue weighted by molar-refractivity contribution is -0.384. The van der Waals surface area contributed by atoms with Crippen LogP contribution >= 0.6 is 0 Å². The number of hydrogen-bond donors (Lipinski definition) is 2. The SMILES string of the molecule is CCOC(=O)CCCCNc1ccc(O)cc1[N+](=O)[O-]. The fourth-order valence-electron chi connectivity index (χ4n) is 1.67. The molecule has 110 valence electrons. The largest absolute Gasteiger partial charge is 0.508 e. The van der Waals surface area contributed by atoms with Crippen LogP contribution in [0.25, 0.3) is 0 Å². The molecule has 7 nitrogen and oxygen atoms in total. The van der Waals surface area contributed by atoms with Gasteiger partial charge < -0.3 is 15.2 Å². The summed E-state index contributed by atoms with van der Waals surface area (Å²) in [6.07, 6.45) is 1.68. The molecule has 2 N–H and O–H groups in total. The Morgan fingerprint density at radius 1 is 1.45 bits per heavy atom. The number of nitrogens with one attached hydrogen (secondary N) is 1. The maximum Gasteiger partial charge on any atom is 0.305 e. The van der Waals surface area contributed by atoms with Crippen LogP contribution in [0.15, 0.2) is 18.2 Å². The highest BCUT2D eigenvalue weighted by Crippen LogP contribution is 2.28. The second kappa shape index (κ2) is 7.98. The molecule has 1 aromatic carbocycles. The number of hydrogen-bond acceptors (Lipinski definition) is 6. The maximum absolute atomic E-state index is 11.1. The van der Waals surface area contributed by atoms with E-state index >= 15 is 0 Å². The Balaban J connectivity index is 2.39. The number of esters is 1. The van der Waals surface area contributed by atoms with Gasteiger partial charge in [0.05, 0.1) is 17.6 Å². The Kier molecular flexibility index (Phi) is 6.28. The highest BCUT2D eigenvalue weighted by molar-refractivity contribution is 5.69. The summed E-state index contributed by atoms with van der Waals surface area (Å²) in [5.74, 6) is -0.382. The summed E-state index contributed by atoms with van der Waals surface area (Å²) in [6, 6.07) is 3.94. The van der Waals surface area contributed by atoms with E-state index in [0.29, 0.717) is 38.1 Å². The number of nitro benzene ring substituents is 1. The molecule has 7 heteroatoms. The minimum absolute atomic E-state index is 0.149. The van der Waals surface area contributed by atoms with Gasteiger partial charge in [0, 0.05) is 13.0 Å². The molecule has 0 aliphatic heterocycles. The third kappa shape index (κ3) is 5.13. The van der Waals surface area contributed by atoms with E-state index in [9.17, 15) is 20.0 Å². The van der Waals surface area contributed by atoms with Gasteiger partial charge >= 0.3 is 5.97 Å². The van der Waals surface area contributed by atoms with Crippen molar-refractivity contribution in [2.45, 2.75) is 26.2 Å². The van der Waals surface area contributed by atoms with Gasteiger partial charge in [-0.15, -0.1) is 0 Å². The average molecular weight is 282 g/mol.